The number of carbonyl (C=O) groups is 2. The SMILES string of the molecule is CC(C)(C)C12C[C@@H](CN1c1ccc3c(NC(=O)Nc4cnccn4)ccnc3c1)N(C(=O)O)C2. The molecule has 3 N–H and O–H groups in total. The Morgan fingerprint density at radius 3 is 2.65 bits per heavy atom. The summed E-state index contributed by atoms with van der Waals surface area (Å²) in [7, 11) is 0. The van der Waals surface area contributed by atoms with E-state index in [9.17, 15) is 14.7 Å². The Hall–Kier alpha value is -3.95. The van der Waals surface area contributed by atoms with Crippen LogP contribution in [0.4, 0.5) is 26.8 Å². The summed E-state index contributed by atoms with van der Waals surface area (Å²) < 4.78 is 0. The van der Waals surface area contributed by atoms with Crippen LogP contribution < -0.4 is 15.5 Å². The topological polar surface area (TPSA) is 124 Å². The highest BCUT2D eigenvalue weighted by Crippen LogP contribution is 2.52. The number of benzene rings is 1. The van der Waals surface area contributed by atoms with Gasteiger partial charge < -0.3 is 20.2 Å². The van der Waals surface area contributed by atoms with Crippen LogP contribution in [0, 0.1) is 5.41 Å². The highest BCUT2D eigenvalue weighted by atomic mass is 16.4. The van der Waals surface area contributed by atoms with Crippen molar-refractivity contribution in [1.29, 1.82) is 0 Å². The standard InChI is InChI=1S/C24H27N7O3/c1-23(2,3)24-11-16(30(14-24)22(33)34)13-31(24)15-4-5-17-18(6-7-26-19(17)10-15)28-21(32)29-20-12-25-8-9-27-20/h4-10,12,16H,11,13-14H2,1-3H3,(H,33,34)(H2,26,27,28,29,32)/t16-,24?/m0/s1. The molecule has 3 aromatic rings. The van der Waals surface area contributed by atoms with Crippen LogP contribution in [0.5, 0.6) is 0 Å². The molecule has 2 fully saturated rings. The third-order valence-corrected chi connectivity index (χ3v) is 7.09. The molecule has 34 heavy (non-hydrogen) atoms. The summed E-state index contributed by atoms with van der Waals surface area (Å²) in [5.74, 6) is 0.354. The van der Waals surface area contributed by atoms with E-state index in [-0.39, 0.29) is 17.0 Å². The Kier molecular flexibility index (Phi) is 5.03. The highest BCUT2D eigenvalue weighted by molar-refractivity contribution is 6.05. The number of amides is 3. The van der Waals surface area contributed by atoms with Gasteiger partial charge in [0.15, 0.2) is 5.82 Å². The first kappa shape index (κ1) is 21.9. The Bertz CT molecular complexity index is 1260. The molecule has 0 radical (unpaired) electrons. The van der Waals surface area contributed by atoms with Gasteiger partial charge in [0.25, 0.3) is 0 Å². The molecular weight excluding hydrogens is 434 g/mol. The summed E-state index contributed by atoms with van der Waals surface area (Å²) >= 11 is 0. The van der Waals surface area contributed by atoms with Crippen molar-refractivity contribution in [3.63, 3.8) is 0 Å². The number of carbonyl (C=O) groups excluding carboxylic acids is 1. The number of fused-ring (bicyclic) bond motifs is 3. The fourth-order valence-corrected chi connectivity index (χ4v) is 5.29. The number of hydrogen-bond acceptors (Lipinski definition) is 6. The zero-order chi connectivity index (χ0) is 24.1. The maximum Gasteiger partial charge on any atom is 0.407 e. The minimum absolute atomic E-state index is 0.0295. The molecule has 2 aliphatic rings. The van der Waals surface area contributed by atoms with E-state index in [1.807, 2.05) is 18.2 Å². The zero-order valence-electron chi connectivity index (χ0n) is 19.3. The van der Waals surface area contributed by atoms with Crippen molar-refractivity contribution >= 4 is 40.2 Å². The van der Waals surface area contributed by atoms with Crippen LogP contribution in [0.3, 0.4) is 0 Å². The summed E-state index contributed by atoms with van der Waals surface area (Å²) in [4.78, 5) is 40.7. The number of aromatic nitrogens is 3. The molecule has 10 nitrogen and oxygen atoms in total. The normalized spacial score (nSPS) is 21.7. The van der Waals surface area contributed by atoms with Crippen LogP contribution in [0.25, 0.3) is 10.9 Å². The lowest BCUT2D eigenvalue weighted by Crippen LogP contribution is -2.61. The summed E-state index contributed by atoms with van der Waals surface area (Å²) in [6, 6.07) is 7.28. The molecule has 2 saturated heterocycles. The molecule has 5 rings (SSSR count). The van der Waals surface area contributed by atoms with E-state index in [1.54, 1.807) is 17.2 Å². The van der Waals surface area contributed by atoms with Gasteiger partial charge in [-0.05, 0) is 36.1 Å². The largest absolute Gasteiger partial charge is 0.465 e. The molecule has 0 spiro atoms. The van der Waals surface area contributed by atoms with Gasteiger partial charge in [0.2, 0.25) is 0 Å². The maximum atomic E-state index is 12.5. The van der Waals surface area contributed by atoms with Crippen LogP contribution in [0.2, 0.25) is 0 Å². The third kappa shape index (κ3) is 3.55. The lowest BCUT2D eigenvalue weighted by atomic mass is 9.72. The van der Waals surface area contributed by atoms with Gasteiger partial charge >= 0.3 is 12.1 Å². The van der Waals surface area contributed by atoms with Crippen molar-refractivity contribution in [2.24, 2.45) is 5.41 Å². The Labute approximate surface area is 197 Å². The molecular formula is C24H27N7O3. The number of nitrogens with one attached hydrogen (secondary N) is 2. The van der Waals surface area contributed by atoms with E-state index in [4.69, 9.17) is 0 Å². The van der Waals surface area contributed by atoms with Crippen molar-refractivity contribution < 1.29 is 14.7 Å². The average Bonchev–Trinajstić information content (AvgIpc) is 3.38. The predicted molar refractivity (Wildman–Crippen MR) is 129 cm³/mol. The number of carboxylic acid groups (broad SMARTS) is 1. The molecule has 176 valence electrons. The zero-order valence-corrected chi connectivity index (χ0v) is 19.3. The number of pyridine rings is 1. The number of likely N-dealkylation sites (tertiary alicyclic amines) is 1. The van der Waals surface area contributed by atoms with Gasteiger partial charge in [0.1, 0.15) is 0 Å². The number of hydrogen-bond donors (Lipinski definition) is 3. The van der Waals surface area contributed by atoms with Gasteiger partial charge in [0, 0.05) is 42.8 Å². The van der Waals surface area contributed by atoms with Crippen LogP contribution in [-0.4, -0.2) is 61.8 Å². The number of piperazine rings is 1. The van der Waals surface area contributed by atoms with Crippen molar-refractivity contribution in [2.75, 3.05) is 28.6 Å². The van der Waals surface area contributed by atoms with Crippen molar-refractivity contribution in [3.8, 4) is 0 Å². The van der Waals surface area contributed by atoms with Crippen LogP contribution in [0.1, 0.15) is 27.2 Å². The Balaban J connectivity index is 1.43. The van der Waals surface area contributed by atoms with Gasteiger partial charge in [0.05, 0.1) is 29.0 Å². The van der Waals surface area contributed by atoms with E-state index < -0.39 is 12.1 Å². The first-order valence-corrected chi connectivity index (χ1v) is 11.2. The van der Waals surface area contributed by atoms with Crippen molar-refractivity contribution in [2.45, 2.75) is 38.8 Å². The molecule has 2 aromatic heterocycles. The molecule has 0 aliphatic carbocycles. The maximum absolute atomic E-state index is 12.5. The highest BCUT2D eigenvalue weighted by Gasteiger charge is 2.61. The summed E-state index contributed by atoms with van der Waals surface area (Å²) in [5.41, 5.74) is 1.95. The van der Waals surface area contributed by atoms with Crippen LogP contribution in [-0.2, 0) is 0 Å². The molecule has 2 atom stereocenters. The Morgan fingerprint density at radius 1 is 1.12 bits per heavy atom. The van der Waals surface area contributed by atoms with Crippen LogP contribution >= 0.6 is 0 Å². The minimum Gasteiger partial charge on any atom is -0.465 e. The predicted octanol–water partition coefficient (Wildman–Crippen LogP) is 4.03. The van der Waals surface area contributed by atoms with Gasteiger partial charge in [-0.1, -0.05) is 20.8 Å². The molecule has 0 saturated carbocycles. The van der Waals surface area contributed by atoms with Gasteiger partial charge in [-0.25, -0.2) is 14.6 Å². The fourth-order valence-electron chi connectivity index (χ4n) is 5.29. The van der Waals surface area contributed by atoms with E-state index in [0.29, 0.717) is 24.6 Å². The summed E-state index contributed by atoms with van der Waals surface area (Å²) in [5, 5.41) is 16.0. The Morgan fingerprint density at radius 2 is 1.94 bits per heavy atom. The van der Waals surface area contributed by atoms with E-state index in [1.165, 1.54) is 18.6 Å². The lowest BCUT2D eigenvalue weighted by Gasteiger charge is -2.50. The van der Waals surface area contributed by atoms with E-state index >= 15 is 0 Å². The van der Waals surface area contributed by atoms with Crippen molar-refractivity contribution in [3.05, 3.63) is 49.1 Å². The third-order valence-electron chi connectivity index (χ3n) is 7.09. The van der Waals surface area contributed by atoms with Gasteiger partial charge in [-0.3, -0.25) is 15.3 Å². The smallest absolute Gasteiger partial charge is 0.407 e. The number of rotatable bonds is 3. The molecule has 2 aliphatic heterocycles. The molecule has 3 amide bonds. The van der Waals surface area contributed by atoms with E-state index in [0.717, 1.165) is 23.0 Å². The summed E-state index contributed by atoms with van der Waals surface area (Å²) in [6.45, 7) is 7.64. The molecule has 4 heterocycles. The summed E-state index contributed by atoms with van der Waals surface area (Å²) in [6.07, 6.45) is 6.11. The first-order valence-electron chi connectivity index (χ1n) is 11.2. The first-order chi connectivity index (χ1) is 16.2. The lowest BCUT2D eigenvalue weighted by molar-refractivity contribution is 0.116. The quantitative estimate of drug-likeness (QED) is 0.538. The van der Waals surface area contributed by atoms with Gasteiger partial charge in [-0.15, -0.1) is 0 Å². The average molecular weight is 462 g/mol. The second-order valence-corrected chi connectivity index (χ2v) is 9.89. The molecule has 10 heteroatoms. The molecule has 1 aromatic carbocycles. The van der Waals surface area contributed by atoms with Crippen molar-refractivity contribution in [1.82, 2.24) is 19.9 Å². The van der Waals surface area contributed by atoms with E-state index in [2.05, 4.69) is 51.3 Å². The van der Waals surface area contributed by atoms with Crippen LogP contribution in [0.15, 0.2) is 49.1 Å². The van der Waals surface area contributed by atoms with Gasteiger partial charge in [-0.2, -0.15) is 0 Å². The molecule has 2 bridgehead atoms. The number of urea groups is 1. The second-order valence-electron chi connectivity index (χ2n) is 9.89. The number of nitrogens with zero attached hydrogens (tertiary/aromatic N) is 5. The monoisotopic (exact) mass is 461 g/mol. The second kappa shape index (κ2) is 7.82. The molecule has 1 unspecified atom stereocenters. The minimum atomic E-state index is -0.855. The fraction of sp³-hybridized carbons (Fsp3) is 0.375. The number of anilines is 3.